The van der Waals surface area contributed by atoms with Gasteiger partial charge in [0, 0.05) is 5.56 Å². The Hall–Kier alpha value is -4.41. The second-order valence-corrected chi connectivity index (χ2v) is 9.27. The van der Waals surface area contributed by atoms with Gasteiger partial charge in [-0.2, -0.15) is 5.26 Å². The van der Waals surface area contributed by atoms with Crippen LogP contribution < -0.4 is 14.8 Å². The van der Waals surface area contributed by atoms with Gasteiger partial charge < -0.3 is 14.8 Å². The number of para-hydroxylation sites is 1. The fraction of sp³-hybridized carbons (Fsp3) is 0.129. The number of anilines is 1. The molecule has 0 unspecified atom stereocenters. The van der Waals surface area contributed by atoms with Crippen LogP contribution in [0.1, 0.15) is 35.3 Å². The zero-order valence-corrected chi connectivity index (χ0v) is 22.5. The molecule has 0 aliphatic carbocycles. The number of carbonyl (C=O) groups excluding carboxylic acids is 2. The van der Waals surface area contributed by atoms with Crippen LogP contribution in [0.3, 0.4) is 0 Å². The van der Waals surface area contributed by atoms with Crippen molar-refractivity contribution in [1.82, 2.24) is 0 Å². The van der Waals surface area contributed by atoms with Crippen LogP contribution >= 0.6 is 15.9 Å². The molecule has 0 saturated carbocycles. The Bertz CT molecular complexity index is 1580. The van der Waals surface area contributed by atoms with Crippen molar-refractivity contribution < 1.29 is 19.1 Å². The summed E-state index contributed by atoms with van der Waals surface area (Å²) in [6.45, 7) is 4.02. The number of nitrogens with one attached hydrogen (secondary N) is 1. The van der Waals surface area contributed by atoms with Gasteiger partial charge in [0.1, 0.15) is 18.2 Å². The summed E-state index contributed by atoms with van der Waals surface area (Å²) in [6.07, 6.45) is 1.47. The van der Waals surface area contributed by atoms with Crippen LogP contribution in [-0.2, 0) is 11.4 Å². The molecule has 0 aromatic heterocycles. The molecule has 0 saturated heterocycles. The number of carbonyl (C=O) groups is 2. The third-order valence-corrected chi connectivity index (χ3v) is 6.40. The maximum Gasteiger partial charge on any atom is 0.266 e. The molecule has 0 bridgehead atoms. The first-order valence-electron chi connectivity index (χ1n) is 12.0. The van der Waals surface area contributed by atoms with Crippen LogP contribution in [0.15, 0.2) is 88.9 Å². The van der Waals surface area contributed by atoms with Crippen molar-refractivity contribution >= 4 is 50.2 Å². The third-order valence-electron chi connectivity index (χ3n) is 5.81. The van der Waals surface area contributed by atoms with Gasteiger partial charge in [-0.1, -0.05) is 54.6 Å². The highest BCUT2D eigenvalue weighted by atomic mass is 79.9. The second-order valence-electron chi connectivity index (χ2n) is 8.42. The molecular formula is C31H25BrN2O4. The maximum absolute atomic E-state index is 12.9. The number of amides is 1. The van der Waals surface area contributed by atoms with Crippen LogP contribution in [0.5, 0.6) is 11.5 Å². The number of halogens is 1. The molecule has 0 atom stereocenters. The highest BCUT2D eigenvalue weighted by molar-refractivity contribution is 9.10. The van der Waals surface area contributed by atoms with Crippen molar-refractivity contribution in [1.29, 1.82) is 5.26 Å². The molecule has 0 radical (unpaired) electrons. The van der Waals surface area contributed by atoms with E-state index < -0.39 is 5.91 Å². The van der Waals surface area contributed by atoms with E-state index in [4.69, 9.17) is 9.47 Å². The summed E-state index contributed by atoms with van der Waals surface area (Å²) in [4.78, 5) is 24.8. The molecule has 6 nitrogen and oxygen atoms in total. The van der Waals surface area contributed by atoms with Crippen LogP contribution in [0.25, 0.3) is 16.8 Å². The smallest absolute Gasteiger partial charge is 0.266 e. The van der Waals surface area contributed by atoms with Crippen LogP contribution in [0.4, 0.5) is 5.69 Å². The average Bonchev–Trinajstić information content (AvgIpc) is 2.91. The summed E-state index contributed by atoms with van der Waals surface area (Å²) >= 11 is 3.56. The molecule has 7 heteroatoms. The minimum Gasteiger partial charge on any atom is -0.490 e. The van der Waals surface area contributed by atoms with E-state index in [2.05, 4.69) is 39.4 Å². The Morgan fingerprint density at radius 1 is 1.00 bits per heavy atom. The predicted octanol–water partition coefficient (Wildman–Crippen LogP) is 7.33. The lowest BCUT2D eigenvalue weighted by Crippen LogP contribution is -2.15. The number of benzene rings is 4. The van der Waals surface area contributed by atoms with E-state index in [1.54, 1.807) is 36.4 Å². The first-order chi connectivity index (χ1) is 18.4. The topological polar surface area (TPSA) is 88.4 Å². The molecule has 0 aliphatic rings. The highest BCUT2D eigenvalue weighted by Gasteiger charge is 2.16. The van der Waals surface area contributed by atoms with Gasteiger partial charge in [0.15, 0.2) is 17.3 Å². The summed E-state index contributed by atoms with van der Waals surface area (Å²) in [5.41, 5.74) is 2.20. The van der Waals surface area contributed by atoms with Gasteiger partial charge in [-0.25, -0.2) is 0 Å². The number of Topliss-reactive ketones (excluding diaryl/α,β-unsaturated/α-hetero) is 1. The maximum atomic E-state index is 12.9. The number of ketones is 1. The number of nitrogens with zero attached hydrogens (tertiary/aromatic N) is 1. The summed E-state index contributed by atoms with van der Waals surface area (Å²) in [5.74, 6) is 0.197. The average molecular weight is 569 g/mol. The molecule has 4 aromatic carbocycles. The van der Waals surface area contributed by atoms with E-state index in [0.29, 0.717) is 46.0 Å². The number of rotatable bonds is 9. The molecular weight excluding hydrogens is 544 g/mol. The molecule has 0 fully saturated rings. The lowest BCUT2D eigenvalue weighted by Gasteiger charge is -2.16. The highest BCUT2D eigenvalue weighted by Crippen LogP contribution is 2.38. The molecule has 0 heterocycles. The Morgan fingerprint density at radius 2 is 1.74 bits per heavy atom. The second kappa shape index (κ2) is 12.2. The van der Waals surface area contributed by atoms with Gasteiger partial charge in [0.05, 0.1) is 16.8 Å². The number of fused-ring (bicyclic) bond motifs is 1. The van der Waals surface area contributed by atoms with Crippen LogP contribution in [0.2, 0.25) is 0 Å². The largest absolute Gasteiger partial charge is 0.490 e. The molecule has 4 aromatic rings. The van der Waals surface area contributed by atoms with Gasteiger partial charge in [-0.05, 0) is 82.0 Å². The molecule has 1 N–H and O–H groups in total. The SMILES string of the molecule is CCOc1cc(/C=C(/C#N)C(=O)Nc2ccccc2C(C)=O)cc(Br)c1OCc1cccc2ccccc12. The van der Waals surface area contributed by atoms with Crippen molar-refractivity contribution in [3.63, 3.8) is 0 Å². The van der Waals surface area contributed by atoms with Gasteiger partial charge in [-0.15, -0.1) is 0 Å². The molecule has 0 aliphatic heterocycles. The number of nitriles is 1. The summed E-state index contributed by atoms with van der Waals surface area (Å²) in [6, 6.07) is 26.3. The van der Waals surface area contributed by atoms with Gasteiger partial charge in [0.25, 0.3) is 5.91 Å². The minimum atomic E-state index is -0.619. The summed E-state index contributed by atoms with van der Waals surface area (Å²) < 4.78 is 12.7. The first kappa shape index (κ1) is 26.6. The standard InChI is InChI=1S/C31H25BrN2O4/c1-3-37-29-17-21(15-24(18-33)31(36)34-28-14-7-6-12-25(28)20(2)35)16-27(32)30(29)38-19-23-11-8-10-22-9-4-5-13-26(22)23/h4-17H,3,19H2,1-2H3,(H,34,36)/b24-15-. The fourth-order valence-corrected chi connectivity index (χ4v) is 4.62. The van der Waals surface area contributed by atoms with E-state index in [-0.39, 0.29) is 11.4 Å². The van der Waals surface area contributed by atoms with E-state index in [0.717, 1.165) is 16.3 Å². The van der Waals surface area contributed by atoms with E-state index in [9.17, 15) is 14.9 Å². The summed E-state index contributed by atoms with van der Waals surface area (Å²) in [7, 11) is 0. The molecule has 1 amide bonds. The van der Waals surface area contributed by atoms with Crippen molar-refractivity contribution in [2.75, 3.05) is 11.9 Å². The van der Waals surface area contributed by atoms with Crippen molar-refractivity contribution in [3.05, 3.63) is 106 Å². The lowest BCUT2D eigenvalue weighted by atomic mass is 10.1. The zero-order valence-electron chi connectivity index (χ0n) is 21.0. The Labute approximate surface area is 229 Å². The normalized spacial score (nSPS) is 11.1. The van der Waals surface area contributed by atoms with Gasteiger partial charge >= 0.3 is 0 Å². The first-order valence-corrected chi connectivity index (χ1v) is 12.8. The Morgan fingerprint density at radius 3 is 2.50 bits per heavy atom. The van der Waals surface area contributed by atoms with E-state index in [1.165, 1.54) is 13.0 Å². The summed E-state index contributed by atoms with van der Waals surface area (Å²) in [5, 5.41) is 14.6. The quantitative estimate of drug-likeness (QED) is 0.130. The van der Waals surface area contributed by atoms with Crippen LogP contribution in [0, 0.1) is 11.3 Å². The number of hydrogen-bond acceptors (Lipinski definition) is 5. The number of hydrogen-bond donors (Lipinski definition) is 1. The van der Waals surface area contributed by atoms with Crippen LogP contribution in [-0.4, -0.2) is 18.3 Å². The lowest BCUT2D eigenvalue weighted by molar-refractivity contribution is -0.112. The van der Waals surface area contributed by atoms with Crippen molar-refractivity contribution in [2.24, 2.45) is 0 Å². The Balaban J connectivity index is 1.60. The Kier molecular flexibility index (Phi) is 8.57. The van der Waals surface area contributed by atoms with Crippen molar-refractivity contribution in [3.8, 4) is 17.6 Å². The molecule has 0 spiro atoms. The molecule has 38 heavy (non-hydrogen) atoms. The minimum absolute atomic E-state index is 0.123. The fourth-order valence-electron chi connectivity index (χ4n) is 4.05. The third kappa shape index (κ3) is 6.10. The van der Waals surface area contributed by atoms with E-state index >= 15 is 0 Å². The van der Waals surface area contributed by atoms with Gasteiger partial charge in [-0.3, -0.25) is 9.59 Å². The zero-order chi connectivity index (χ0) is 27.1. The molecule has 4 rings (SSSR count). The van der Waals surface area contributed by atoms with Gasteiger partial charge in [0.2, 0.25) is 0 Å². The monoisotopic (exact) mass is 568 g/mol. The molecule has 190 valence electrons. The number of ether oxygens (including phenoxy) is 2. The van der Waals surface area contributed by atoms with E-state index in [1.807, 2.05) is 37.3 Å². The van der Waals surface area contributed by atoms with Crippen molar-refractivity contribution in [2.45, 2.75) is 20.5 Å². The predicted molar refractivity (Wildman–Crippen MR) is 152 cm³/mol.